The third-order valence-corrected chi connectivity index (χ3v) is 3.64. The van der Waals surface area contributed by atoms with Crippen molar-refractivity contribution in [2.24, 2.45) is 5.41 Å². The molecular formula is C18H20N2O2. The third kappa shape index (κ3) is 3.69. The van der Waals surface area contributed by atoms with Crippen LogP contribution in [-0.2, 0) is 9.59 Å². The van der Waals surface area contributed by atoms with Crippen molar-refractivity contribution in [3.63, 3.8) is 0 Å². The van der Waals surface area contributed by atoms with E-state index in [1.54, 1.807) is 30.3 Å². The number of nitrogens with zero attached hydrogens (tertiary/aromatic N) is 1. The Labute approximate surface area is 130 Å². The van der Waals surface area contributed by atoms with Gasteiger partial charge in [-0.2, -0.15) is 5.26 Å². The van der Waals surface area contributed by atoms with Crippen molar-refractivity contribution in [3.05, 3.63) is 41.0 Å². The average molecular weight is 296 g/mol. The van der Waals surface area contributed by atoms with Gasteiger partial charge in [0.2, 0.25) is 11.6 Å². The van der Waals surface area contributed by atoms with Gasteiger partial charge in [-0.25, -0.2) is 0 Å². The van der Waals surface area contributed by atoms with E-state index >= 15 is 0 Å². The first-order valence-electron chi connectivity index (χ1n) is 7.35. The molecule has 0 aromatic heterocycles. The molecule has 1 unspecified atom stereocenters. The molecule has 2 rings (SSSR count). The largest absolute Gasteiger partial charge is 0.303 e. The summed E-state index contributed by atoms with van der Waals surface area (Å²) in [6.45, 7) is 7.10. The third-order valence-electron chi connectivity index (χ3n) is 3.64. The Hall–Kier alpha value is -2.25. The maximum atomic E-state index is 11.7. The van der Waals surface area contributed by atoms with Gasteiger partial charge in [-0.3, -0.25) is 9.59 Å². The van der Waals surface area contributed by atoms with Gasteiger partial charge in [-0.15, -0.1) is 0 Å². The number of carbonyl (C=O) groups excluding carboxylic acids is 2. The van der Waals surface area contributed by atoms with Crippen LogP contribution in [0, 0.1) is 16.7 Å². The predicted molar refractivity (Wildman–Crippen MR) is 85.0 cm³/mol. The Morgan fingerprint density at radius 2 is 1.86 bits per heavy atom. The summed E-state index contributed by atoms with van der Waals surface area (Å²) in [4.78, 5) is 23.5. The lowest BCUT2D eigenvalue weighted by molar-refractivity contribution is -0.139. The minimum Gasteiger partial charge on any atom is -0.303 e. The summed E-state index contributed by atoms with van der Waals surface area (Å²) in [5.41, 5.74) is 2.07. The van der Waals surface area contributed by atoms with Crippen LogP contribution in [0.4, 0.5) is 0 Å². The van der Waals surface area contributed by atoms with Crippen molar-refractivity contribution in [3.8, 4) is 6.07 Å². The molecule has 1 atom stereocenters. The lowest BCUT2D eigenvalue weighted by Crippen LogP contribution is -2.54. The fraction of sp³-hybridized carbons (Fsp3) is 0.389. The monoisotopic (exact) mass is 296 g/mol. The molecule has 4 heteroatoms. The van der Waals surface area contributed by atoms with E-state index < -0.39 is 11.8 Å². The fourth-order valence-electron chi connectivity index (χ4n) is 2.24. The van der Waals surface area contributed by atoms with Gasteiger partial charge in [0.25, 0.3) is 0 Å². The molecule has 1 fully saturated rings. The molecular weight excluding hydrogens is 276 g/mol. The van der Waals surface area contributed by atoms with Crippen LogP contribution in [0.15, 0.2) is 29.8 Å². The lowest BCUT2D eigenvalue weighted by atomic mass is 9.81. The predicted octanol–water partition coefficient (Wildman–Crippen LogP) is 2.49. The minimum atomic E-state index is -0.495. The number of ketones is 2. The zero-order valence-electron chi connectivity index (χ0n) is 13.1. The van der Waals surface area contributed by atoms with E-state index in [9.17, 15) is 9.59 Å². The van der Waals surface area contributed by atoms with Crippen LogP contribution in [0.5, 0.6) is 0 Å². The number of nitriles is 1. The molecule has 0 radical (unpaired) electrons. The highest BCUT2D eigenvalue weighted by molar-refractivity contribution is 6.55. The Kier molecular flexibility index (Phi) is 4.58. The number of hydrogen-bond donors (Lipinski definition) is 1. The van der Waals surface area contributed by atoms with Crippen LogP contribution in [-0.4, -0.2) is 24.2 Å². The maximum Gasteiger partial charge on any atom is 0.228 e. The van der Waals surface area contributed by atoms with Crippen molar-refractivity contribution >= 4 is 17.6 Å². The molecule has 0 saturated heterocycles. The second kappa shape index (κ2) is 6.25. The summed E-state index contributed by atoms with van der Waals surface area (Å²) in [6, 6.07) is 8.48. The molecule has 1 aromatic carbocycles. The zero-order valence-corrected chi connectivity index (χ0v) is 13.1. The van der Waals surface area contributed by atoms with Gasteiger partial charge < -0.3 is 5.32 Å². The highest BCUT2D eigenvalue weighted by Gasteiger charge is 2.43. The molecule has 1 aliphatic rings. The first kappa shape index (κ1) is 16.1. The molecule has 22 heavy (non-hydrogen) atoms. The van der Waals surface area contributed by atoms with Crippen LogP contribution in [0.1, 0.15) is 38.3 Å². The molecule has 1 N–H and O–H groups in total. The van der Waals surface area contributed by atoms with Crippen molar-refractivity contribution in [2.75, 3.05) is 6.54 Å². The smallest absolute Gasteiger partial charge is 0.228 e. The standard InChI is InChI=1S/C18H20N2O2/c1-18(2,3)8-9-20-15-14(16(21)17(15)22)10-12-4-6-13(11-19)7-5-12/h4-7,10,15,20H,8-9H2,1-3H3/b14-10-. The molecule has 0 aliphatic heterocycles. The number of benzene rings is 1. The van der Waals surface area contributed by atoms with Gasteiger partial charge in [-0.05, 0) is 42.2 Å². The van der Waals surface area contributed by atoms with E-state index in [1.165, 1.54) is 0 Å². The second-order valence-corrected chi connectivity index (χ2v) is 6.72. The number of hydrogen-bond acceptors (Lipinski definition) is 4. The highest BCUT2D eigenvalue weighted by atomic mass is 16.2. The minimum absolute atomic E-state index is 0.181. The van der Waals surface area contributed by atoms with Crippen LogP contribution in [0.3, 0.4) is 0 Å². The zero-order chi connectivity index (χ0) is 16.3. The van der Waals surface area contributed by atoms with Gasteiger partial charge in [0, 0.05) is 5.57 Å². The maximum absolute atomic E-state index is 11.7. The SMILES string of the molecule is CC(C)(C)CCNC1C(=O)C(=O)/C1=C\c1ccc(C#N)cc1. The molecule has 0 bridgehead atoms. The number of carbonyl (C=O) groups is 2. The first-order valence-corrected chi connectivity index (χ1v) is 7.35. The van der Waals surface area contributed by atoms with E-state index in [1.807, 2.05) is 6.07 Å². The fourth-order valence-corrected chi connectivity index (χ4v) is 2.24. The molecule has 0 amide bonds. The molecule has 4 nitrogen and oxygen atoms in total. The molecule has 1 aromatic rings. The summed E-state index contributed by atoms with van der Waals surface area (Å²) < 4.78 is 0. The lowest BCUT2D eigenvalue weighted by Gasteiger charge is -2.29. The van der Waals surface area contributed by atoms with Crippen molar-refractivity contribution in [1.29, 1.82) is 5.26 Å². The van der Waals surface area contributed by atoms with Gasteiger partial charge in [0.15, 0.2) is 0 Å². The summed E-state index contributed by atoms with van der Waals surface area (Å²) in [7, 11) is 0. The first-order chi connectivity index (χ1) is 10.3. The van der Waals surface area contributed by atoms with E-state index in [2.05, 4.69) is 26.1 Å². The second-order valence-electron chi connectivity index (χ2n) is 6.72. The number of rotatable bonds is 4. The topological polar surface area (TPSA) is 70.0 Å². The van der Waals surface area contributed by atoms with Crippen LogP contribution >= 0.6 is 0 Å². The quantitative estimate of drug-likeness (QED) is 0.684. The summed E-state index contributed by atoms with van der Waals surface area (Å²) in [5.74, 6) is -0.786. The molecule has 1 saturated carbocycles. The summed E-state index contributed by atoms with van der Waals surface area (Å²) in [5, 5.41) is 11.9. The Balaban J connectivity index is 2.07. The summed E-state index contributed by atoms with van der Waals surface area (Å²) >= 11 is 0. The Bertz CT molecular complexity index is 658. The van der Waals surface area contributed by atoms with Gasteiger partial charge in [0.05, 0.1) is 11.6 Å². The molecule has 1 aliphatic carbocycles. The van der Waals surface area contributed by atoms with Crippen molar-refractivity contribution in [1.82, 2.24) is 5.32 Å². The normalized spacial score (nSPS) is 19.9. The van der Waals surface area contributed by atoms with Crippen molar-refractivity contribution < 1.29 is 9.59 Å². The van der Waals surface area contributed by atoms with Crippen LogP contribution in [0.25, 0.3) is 6.08 Å². The Morgan fingerprint density at radius 1 is 1.23 bits per heavy atom. The molecule has 0 spiro atoms. The molecule has 114 valence electrons. The number of Topliss-reactive ketones (excluding diaryl/α,β-unsaturated/α-hetero) is 2. The molecule has 0 heterocycles. The van der Waals surface area contributed by atoms with Gasteiger partial charge >= 0.3 is 0 Å². The average Bonchev–Trinajstić information content (AvgIpc) is 2.49. The van der Waals surface area contributed by atoms with E-state index in [4.69, 9.17) is 5.26 Å². The number of nitrogens with one attached hydrogen (secondary N) is 1. The van der Waals surface area contributed by atoms with Gasteiger partial charge in [-0.1, -0.05) is 32.9 Å². The van der Waals surface area contributed by atoms with Crippen molar-refractivity contribution in [2.45, 2.75) is 33.2 Å². The summed E-state index contributed by atoms with van der Waals surface area (Å²) in [6.07, 6.45) is 2.65. The van der Waals surface area contributed by atoms with E-state index in [0.29, 0.717) is 17.7 Å². The van der Waals surface area contributed by atoms with Crippen LogP contribution in [0.2, 0.25) is 0 Å². The van der Waals surface area contributed by atoms with Gasteiger partial charge in [0.1, 0.15) is 6.04 Å². The highest BCUT2D eigenvalue weighted by Crippen LogP contribution is 2.23. The van der Waals surface area contributed by atoms with Crippen LogP contribution < -0.4 is 5.32 Å². The van der Waals surface area contributed by atoms with E-state index in [-0.39, 0.29) is 11.2 Å². The Morgan fingerprint density at radius 3 is 2.41 bits per heavy atom. The van der Waals surface area contributed by atoms with E-state index in [0.717, 1.165) is 12.0 Å².